The minimum Gasteiger partial charge on any atom is -0.388 e. The molecular formula is C19H23ClF3N5OS. The molecule has 7 N–H and O–H groups in total. The molecule has 0 fully saturated rings. The van der Waals surface area contributed by atoms with E-state index in [1.165, 1.54) is 34.5 Å². The highest BCUT2D eigenvalue weighted by atomic mass is 35.5. The standard InChI is InChI=1S/C19H23ClF3N5OS/c1-10-13(16(17(20)25)28(2)26)8-15(30-10)18(29)27-12(9-24)7-11-5-3-4-6-14(11)19(21,22)23/h3-6,8,12H,7,9,24-26H2,1-2H3,(H,27,29)/b17-16-/t12-/m0/s1. The third-order valence-corrected chi connectivity index (χ3v) is 5.61. The molecule has 0 aliphatic rings. The lowest BCUT2D eigenvalue weighted by atomic mass is 9.99. The van der Waals surface area contributed by atoms with Crippen molar-refractivity contribution in [3.05, 3.63) is 61.9 Å². The first kappa shape index (κ1) is 24.0. The summed E-state index contributed by atoms with van der Waals surface area (Å²) in [6, 6.07) is 6.12. The zero-order valence-electron chi connectivity index (χ0n) is 16.4. The average Bonchev–Trinajstić information content (AvgIpc) is 3.01. The fourth-order valence-corrected chi connectivity index (χ4v) is 4.17. The van der Waals surface area contributed by atoms with Crippen LogP contribution in [-0.2, 0) is 12.6 Å². The van der Waals surface area contributed by atoms with Crippen LogP contribution >= 0.6 is 22.9 Å². The maximum Gasteiger partial charge on any atom is 0.416 e. The maximum absolute atomic E-state index is 13.2. The van der Waals surface area contributed by atoms with E-state index in [9.17, 15) is 18.0 Å². The quantitative estimate of drug-likeness (QED) is 0.288. The molecule has 0 unspecified atom stereocenters. The fraction of sp³-hybridized carbons (Fsp3) is 0.316. The third-order valence-electron chi connectivity index (χ3n) is 4.38. The number of halogens is 4. The van der Waals surface area contributed by atoms with Gasteiger partial charge in [-0.1, -0.05) is 29.8 Å². The van der Waals surface area contributed by atoms with Crippen LogP contribution in [0, 0.1) is 6.92 Å². The Hall–Kier alpha value is -2.27. The van der Waals surface area contributed by atoms with Crippen molar-refractivity contribution < 1.29 is 18.0 Å². The van der Waals surface area contributed by atoms with E-state index in [4.69, 9.17) is 28.9 Å². The fourth-order valence-electron chi connectivity index (χ4n) is 3.01. The SMILES string of the molecule is Cc1sc(C(=O)N[C@H](CN)Cc2ccccc2C(F)(F)F)cc1/C(=C(/N)Cl)N(C)N. The van der Waals surface area contributed by atoms with Crippen LogP contribution in [0.15, 0.2) is 35.5 Å². The number of hydrogen-bond acceptors (Lipinski definition) is 6. The van der Waals surface area contributed by atoms with Gasteiger partial charge in [0.15, 0.2) is 0 Å². The molecule has 0 aliphatic heterocycles. The summed E-state index contributed by atoms with van der Waals surface area (Å²) in [4.78, 5) is 13.8. The Balaban J connectivity index is 2.24. The van der Waals surface area contributed by atoms with Gasteiger partial charge >= 0.3 is 6.18 Å². The predicted molar refractivity (Wildman–Crippen MR) is 113 cm³/mol. The van der Waals surface area contributed by atoms with Gasteiger partial charge in [0.25, 0.3) is 5.91 Å². The molecule has 0 spiro atoms. The summed E-state index contributed by atoms with van der Waals surface area (Å²) in [5.74, 6) is 5.31. The van der Waals surface area contributed by atoms with Crippen LogP contribution in [0.4, 0.5) is 13.2 Å². The molecule has 0 radical (unpaired) electrons. The predicted octanol–water partition coefficient (Wildman–Crippen LogP) is 3.00. The number of nitrogens with one attached hydrogen (secondary N) is 1. The van der Waals surface area contributed by atoms with Crippen molar-refractivity contribution >= 4 is 34.5 Å². The van der Waals surface area contributed by atoms with Crippen LogP contribution in [0.5, 0.6) is 0 Å². The van der Waals surface area contributed by atoms with Gasteiger partial charge in [0, 0.05) is 30.1 Å². The number of rotatable bonds is 7. The molecule has 2 rings (SSSR count). The highest BCUT2D eigenvalue weighted by molar-refractivity contribution is 7.14. The van der Waals surface area contributed by atoms with E-state index < -0.39 is 23.7 Å². The Morgan fingerprint density at radius 1 is 1.33 bits per heavy atom. The van der Waals surface area contributed by atoms with Gasteiger partial charge in [-0.15, -0.1) is 11.3 Å². The maximum atomic E-state index is 13.2. The average molecular weight is 462 g/mol. The van der Waals surface area contributed by atoms with Gasteiger partial charge in [-0.3, -0.25) is 4.79 Å². The molecule has 30 heavy (non-hydrogen) atoms. The van der Waals surface area contributed by atoms with Gasteiger partial charge in [0.05, 0.1) is 16.1 Å². The second kappa shape index (κ2) is 9.69. The normalized spacial score (nSPS) is 13.6. The first-order chi connectivity index (χ1) is 14.0. The Kier molecular flexibility index (Phi) is 7.75. The molecule has 164 valence electrons. The van der Waals surface area contributed by atoms with Crippen molar-refractivity contribution in [2.45, 2.75) is 25.6 Å². The highest BCUT2D eigenvalue weighted by Gasteiger charge is 2.33. The molecule has 6 nitrogen and oxygen atoms in total. The zero-order chi connectivity index (χ0) is 22.6. The third kappa shape index (κ3) is 5.66. The number of carbonyl (C=O) groups is 1. The molecule has 1 aromatic heterocycles. The van der Waals surface area contributed by atoms with E-state index in [1.54, 1.807) is 20.0 Å². The van der Waals surface area contributed by atoms with Crippen LogP contribution in [-0.4, -0.2) is 30.6 Å². The van der Waals surface area contributed by atoms with Crippen molar-refractivity contribution in [3.8, 4) is 0 Å². The molecule has 1 atom stereocenters. The van der Waals surface area contributed by atoms with Crippen LogP contribution in [0.25, 0.3) is 5.70 Å². The number of nitrogens with two attached hydrogens (primary N) is 3. The molecule has 0 aliphatic carbocycles. The lowest BCUT2D eigenvalue weighted by Gasteiger charge is -2.19. The van der Waals surface area contributed by atoms with Gasteiger partial charge in [-0.2, -0.15) is 13.2 Å². The van der Waals surface area contributed by atoms with E-state index in [2.05, 4.69) is 5.32 Å². The molecular weight excluding hydrogens is 439 g/mol. The molecule has 0 saturated carbocycles. The molecule has 1 amide bonds. The lowest BCUT2D eigenvalue weighted by molar-refractivity contribution is -0.138. The number of thiophene rings is 1. The van der Waals surface area contributed by atoms with Gasteiger partial charge in [-0.05, 0) is 31.0 Å². The lowest BCUT2D eigenvalue weighted by Crippen LogP contribution is -2.41. The summed E-state index contributed by atoms with van der Waals surface area (Å²) in [5, 5.41) is 3.92. The van der Waals surface area contributed by atoms with Crippen LogP contribution in [0.3, 0.4) is 0 Å². The van der Waals surface area contributed by atoms with Crippen molar-refractivity contribution in [3.63, 3.8) is 0 Å². The monoisotopic (exact) mass is 461 g/mol. The molecule has 2 aromatic rings. The summed E-state index contributed by atoms with van der Waals surface area (Å²) in [5.41, 5.74) is 11.7. The van der Waals surface area contributed by atoms with Crippen molar-refractivity contribution in [1.29, 1.82) is 0 Å². The van der Waals surface area contributed by atoms with Crippen molar-refractivity contribution in [1.82, 2.24) is 10.3 Å². The van der Waals surface area contributed by atoms with Gasteiger partial charge in [-0.25, -0.2) is 5.84 Å². The smallest absolute Gasteiger partial charge is 0.388 e. The Morgan fingerprint density at radius 2 is 1.97 bits per heavy atom. The Labute approximate surface area is 181 Å². The first-order valence-corrected chi connectivity index (χ1v) is 10.1. The van der Waals surface area contributed by atoms with Gasteiger partial charge in [0.2, 0.25) is 0 Å². The highest BCUT2D eigenvalue weighted by Crippen LogP contribution is 2.33. The largest absolute Gasteiger partial charge is 0.416 e. The van der Waals surface area contributed by atoms with Crippen molar-refractivity contribution in [2.24, 2.45) is 17.3 Å². The number of hydrazine groups is 1. The summed E-state index contributed by atoms with van der Waals surface area (Å²) in [6.07, 6.45) is -4.54. The number of alkyl halides is 3. The Morgan fingerprint density at radius 3 is 2.50 bits per heavy atom. The molecule has 1 heterocycles. The van der Waals surface area contributed by atoms with E-state index in [1.807, 2.05) is 0 Å². The number of aryl methyl sites for hydroxylation is 1. The molecule has 11 heteroatoms. The van der Waals surface area contributed by atoms with E-state index in [0.29, 0.717) is 16.1 Å². The number of carbonyl (C=O) groups excluding carboxylic acids is 1. The summed E-state index contributed by atoms with van der Waals surface area (Å²) in [6.45, 7) is 1.75. The minimum absolute atomic E-state index is 0.0273. The van der Waals surface area contributed by atoms with Crippen LogP contribution < -0.4 is 22.6 Å². The summed E-state index contributed by atoms with van der Waals surface area (Å²) in [7, 11) is 1.56. The van der Waals surface area contributed by atoms with Crippen LogP contribution in [0.1, 0.15) is 31.2 Å². The van der Waals surface area contributed by atoms with Crippen molar-refractivity contribution in [2.75, 3.05) is 13.6 Å². The number of nitrogens with zero attached hydrogens (tertiary/aromatic N) is 1. The molecule has 0 bridgehead atoms. The summed E-state index contributed by atoms with van der Waals surface area (Å²) >= 11 is 7.10. The first-order valence-electron chi connectivity index (χ1n) is 8.86. The second-order valence-corrected chi connectivity index (χ2v) is 8.32. The van der Waals surface area contributed by atoms with E-state index in [-0.39, 0.29) is 23.7 Å². The zero-order valence-corrected chi connectivity index (χ0v) is 18.0. The van der Waals surface area contributed by atoms with E-state index in [0.717, 1.165) is 10.9 Å². The minimum atomic E-state index is -4.49. The number of benzene rings is 1. The summed E-state index contributed by atoms with van der Waals surface area (Å²) < 4.78 is 39.7. The van der Waals surface area contributed by atoms with Crippen LogP contribution in [0.2, 0.25) is 0 Å². The number of amides is 1. The number of hydrogen-bond donors (Lipinski definition) is 4. The van der Waals surface area contributed by atoms with Gasteiger partial charge in [0.1, 0.15) is 5.16 Å². The van der Waals surface area contributed by atoms with E-state index >= 15 is 0 Å². The topological polar surface area (TPSA) is 110 Å². The Bertz CT molecular complexity index is 938. The molecule has 0 saturated heterocycles. The molecule has 1 aromatic carbocycles. The second-order valence-electron chi connectivity index (χ2n) is 6.65. The van der Waals surface area contributed by atoms with Gasteiger partial charge < -0.3 is 21.8 Å².